The maximum Gasteiger partial charge on any atom is 0.343 e. The van der Waals surface area contributed by atoms with Crippen LogP contribution in [0.1, 0.15) is 18.9 Å². The van der Waals surface area contributed by atoms with Gasteiger partial charge < -0.3 is 14.5 Å². The van der Waals surface area contributed by atoms with Gasteiger partial charge in [0.15, 0.2) is 0 Å². The van der Waals surface area contributed by atoms with Gasteiger partial charge in [0.05, 0.1) is 0 Å². The first-order chi connectivity index (χ1) is 7.50. The van der Waals surface area contributed by atoms with E-state index in [9.17, 15) is 13.6 Å². The average Bonchev–Trinajstić information content (AvgIpc) is 2.28. The predicted octanol–water partition coefficient (Wildman–Crippen LogP) is 0.588. The van der Waals surface area contributed by atoms with Crippen LogP contribution in [0.15, 0.2) is 30.3 Å². The molecule has 16 heavy (non-hydrogen) atoms. The largest absolute Gasteiger partial charge is 0.740 e. The molecule has 0 aliphatic carbocycles. The van der Waals surface area contributed by atoms with Gasteiger partial charge in [-0.2, -0.15) is 0 Å². The zero-order valence-corrected chi connectivity index (χ0v) is 9.53. The van der Waals surface area contributed by atoms with E-state index in [-0.39, 0.29) is 6.42 Å². The number of nitrogens with two attached hydrogens (primary N) is 1. The molecule has 0 fully saturated rings. The summed E-state index contributed by atoms with van der Waals surface area (Å²) in [5, 5.41) is 0. The van der Waals surface area contributed by atoms with E-state index in [0.717, 1.165) is 0 Å². The Hall–Kier alpha value is -1.24. The highest BCUT2D eigenvalue weighted by Gasteiger charge is 2.36. The van der Waals surface area contributed by atoms with Crippen molar-refractivity contribution in [2.75, 3.05) is 0 Å². The molecule has 0 radical (unpaired) electrons. The van der Waals surface area contributed by atoms with E-state index >= 15 is 0 Å². The molecule has 1 aromatic rings. The second-order valence-electron chi connectivity index (χ2n) is 3.27. The number of carbonyl (C=O) groups is 1. The molecule has 0 spiro atoms. The Bertz CT molecular complexity index is 395. The lowest BCUT2D eigenvalue weighted by molar-refractivity contribution is -0.140. The van der Waals surface area contributed by atoms with Gasteiger partial charge in [-0.15, -0.1) is 0 Å². The zero-order valence-electron chi connectivity index (χ0n) is 8.71. The summed E-state index contributed by atoms with van der Waals surface area (Å²) in [4.78, 5) is 11.6. The minimum atomic E-state index is -2.90. The molecule has 0 saturated heterocycles. The Morgan fingerprint density at radius 3 is 2.50 bits per heavy atom. The summed E-state index contributed by atoms with van der Waals surface area (Å²) in [6, 6.07) is 8.51. The van der Waals surface area contributed by atoms with Crippen molar-refractivity contribution in [3.8, 4) is 0 Å². The van der Waals surface area contributed by atoms with Gasteiger partial charge in [-0.1, -0.05) is 37.3 Å². The number of hydrogen-bond acceptors (Lipinski definition) is 5. The van der Waals surface area contributed by atoms with Crippen molar-refractivity contribution < 1.29 is 17.7 Å². The van der Waals surface area contributed by atoms with E-state index in [0.29, 0.717) is 5.56 Å². The van der Waals surface area contributed by atoms with E-state index in [1.165, 1.54) is 0 Å². The van der Waals surface area contributed by atoms with Gasteiger partial charge in [-0.25, -0.2) is 9.00 Å². The minimum absolute atomic E-state index is 0.243. The molecule has 0 amide bonds. The molecule has 0 heterocycles. The first-order valence-electron chi connectivity index (χ1n) is 4.67. The summed E-state index contributed by atoms with van der Waals surface area (Å²) in [5.41, 5.74) is 4.95. The third-order valence-electron chi connectivity index (χ3n) is 2.35. The maximum absolute atomic E-state index is 11.6. The lowest BCUT2D eigenvalue weighted by Crippen LogP contribution is -2.45. The lowest BCUT2D eigenvalue weighted by Gasteiger charge is -2.26. The average molecular weight is 242 g/mol. The van der Waals surface area contributed by atoms with Crippen molar-refractivity contribution in [3.05, 3.63) is 35.9 Å². The molecule has 2 unspecified atom stereocenters. The topological polar surface area (TPSA) is 92.5 Å². The number of benzene rings is 1. The Balaban J connectivity index is 3.03. The standard InChI is InChI=1S/C10H13NO4S/c1-2-10(11,9(12)15-16(13)14)8-6-4-3-5-7-8/h3-7H,2,11H2,1H3,(H,13,14)/p-1. The monoisotopic (exact) mass is 242 g/mol. The van der Waals surface area contributed by atoms with Gasteiger partial charge in [-0.3, -0.25) is 0 Å². The first kappa shape index (κ1) is 12.8. The van der Waals surface area contributed by atoms with Crippen molar-refractivity contribution >= 4 is 17.3 Å². The van der Waals surface area contributed by atoms with Gasteiger partial charge >= 0.3 is 5.97 Å². The summed E-state index contributed by atoms with van der Waals surface area (Å²) in [7, 11) is 0. The molecule has 0 aliphatic rings. The van der Waals surface area contributed by atoms with E-state index in [1.807, 2.05) is 0 Å². The third-order valence-corrected chi connectivity index (χ3v) is 2.64. The second-order valence-corrected chi connectivity index (χ2v) is 3.84. The van der Waals surface area contributed by atoms with Crippen LogP contribution >= 0.6 is 0 Å². The predicted molar refractivity (Wildman–Crippen MR) is 57.6 cm³/mol. The van der Waals surface area contributed by atoms with Crippen LogP contribution in [0.25, 0.3) is 0 Å². The number of hydrogen-bond donors (Lipinski definition) is 1. The van der Waals surface area contributed by atoms with Gasteiger partial charge in [0.2, 0.25) is 0 Å². The summed E-state index contributed by atoms with van der Waals surface area (Å²) < 4.78 is 24.7. The van der Waals surface area contributed by atoms with E-state index in [2.05, 4.69) is 4.18 Å². The Morgan fingerprint density at radius 1 is 1.50 bits per heavy atom. The van der Waals surface area contributed by atoms with Crippen molar-refractivity contribution in [3.63, 3.8) is 0 Å². The van der Waals surface area contributed by atoms with E-state index in [1.54, 1.807) is 37.3 Å². The van der Waals surface area contributed by atoms with Crippen LogP contribution in [0.5, 0.6) is 0 Å². The minimum Gasteiger partial charge on any atom is -0.740 e. The Kier molecular flexibility index (Phi) is 4.17. The molecule has 0 saturated carbocycles. The van der Waals surface area contributed by atoms with Gasteiger partial charge in [0.1, 0.15) is 16.9 Å². The van der Waals surface area contributed by atoms with Crippen molar-refractivity contribution in [1.29, 1.82) is 0 Å². The van der Waals surface area contributed by atoms with Crippen LogP contribution in [-0.4, -0.2) is 14.7 Å². The molecule has 2 atom stereocenters. The first-order valence-corrected chi connectivity index (χ1v) is 5.67. The molecule has 1 rings (SSSR count). The van der Waals surface area contributed by atoms with Crippen LogP contribution in [0.3, 0.4) is 0 Å². The molecule has 6 heteroatoms. The Morgan fingerprint density at radius 2 is 2.06 bits per heavy atom. The quantitative estimate of drug-likeness (QED) is 0.780. The summed E-state index contributed by atoms with van der Waals surface area (Å²) >= 11 is -2.90. The molecule has 0 aromatic heterocycles. The van der Waals surface area contributed by atoms with Crippen molar-refractivity contribution in [1.82, 2.24) is 0 Å². The molecular weight excluding hydrogens is 230 g/mol. The summed E-state index contributed by atoms with van der Waals surface area (Å²) in [5.74, 6) is -0.977. The zero-order chi connectivity index (χ0) is 12.2. The second kappa shape index (κ2) is 5.20. The van der Waals surface area contributed by atoms with Crippen LogP contribution < -0.4 is 5.73 Å². The van der Waals surface area contributed by atoms with E-state index < -0.39 is 22.9 Å². The lowest BCUT2D eigenvalue weighted by atomic mass is 9.89. The normalized spacial score (nSPS) is 16.2. The highest BCUT2D eigenvalue weighted by Crippen LogP contribution is 2.23. The maximum atomic E-state index is 11.6. The fourth-order valence-electron chi connectivity index (χ4n) is 1.34. The van der Waals surface area contributed by atoms with Crippen LogP contribution in [0.2, 0.25) is 0 Å². The third kappa shape index (κ3) is 2.66. The molecular formula is C10H12NO4S-. The molecule has 5 nitrogen and oxygen atoms in total. The number of carbonyl (C=O) groups excluding carboxylic acids is 1. The molecule has 0 bridgehead atoms. The molecule has 0 aliphatic heterocycles. The smallest absolute Gasteiger partial charge is 0.343 e. The number of rotatable bonds is 4. The van der Waals surface area contributed by atoms with Crippen LogP contribution in [0.4, 0.5) is 0 Å². The summed E-state index contributed by atoms with van der Waals surface area (Å²) in [6.07, 6.45) is 0.243. The summed E-state index contributed by atoms with van der Waals surface area (Å²) in [6.45, 7) is 1.68. The molecule has 2 N–H and O–H groups in total. The van der Waals surface area contributed by atoms with Gasteiger partial charge in [-0.05, 0) is 12.0 Å². The van der Waals surface area contributed by atoms with Crippen LogP contribution in [0, 0.1) is 0 Å². The fourth-order valence-corrected chi connectivity index (χ4v) is 1.61. The van der Waals surface area contributed by atoms with Crippen molar-refractivity contribution in [2.24, 2.45) is 5.73 Å². The van der Waals surface area contributed by atoms with Gasteiger partial charge in [0, 0.05) is 0 Å². The Labute approximate surface area is 96.1 Å². The SMILES string of the molecule is CCC(N)(C(=O)OS(=O)[O-])c1ccccc1. The fraction of sp³-hybridized carbons (Fsp3) is 0.300. The van der Waals surface area contributed by atoms with Crippen molar-refractivity contribution in [2.45, 2.75) is 18.9 Å². The highest BCUT2D eigenvalue weighted by molar-refractivity contribution is 7.74. The molecule has 1 aromatic carbocycles. The van der Waals surface area contributed by atoms with Crippen LogP contribution in [-0.2, 0) is 25.9 Å². The molecule has 88 valence electrons. The van der Waals surface area contributed by atoms with E-state index in [4.69, 9.17) is 5.73 Å². The highest BCUT2D eigenvalue weighted by atomic mass is 32.2. The van der Waals surface area contributed by atoms with Gasteiger partial charge in [0.25, 0.3) is 0 Å².